The van der Waals surface area contributed by atoms with Crippen molar-refractivity contribution in [1.82, 2.24) is 14.7 Å². The molecule has 6 nitrogen and oxygen atoms in total. The van der Waals surface area contributed by atoms with E-state index >= 15 is 0 Å². The zero-order chi connectivity index (χ0) is 16.3. The van der Waals surface area contributed by atoms with Crippen LogP contribution in [0.2, 0.25) is 0 Å². The molecule has 1 unspecified atom stereocenters. The molecule has 0 spiro atoms. The molecule has 0 aromatic carbocycles. The predicted molar refractivity (Wildman–Crippen MR) is 84.6 cm³/mol. The third-order valence-corrected chi connectivity index (χ3v) is 4.26. The zero-order valence-corrected chi connectivity index (χ0v) is 13.6. The highest BCUT2D eigenvalue weighted by molar-refractivity contribution is 5.83. The van der Waals surface area contributed by atoms with E-state index < -0.39 is 5.54 Å². The Labute approximate surface area is 136 Å². The number of carbonyl (C=O) groups excluding carboxylic acids is 1. The maximum absolute atomic E-state index is 13.1. The lowest BCUT2D eigenvalue weighted by atomic mass is 10.0. The highest BCUT2D eigenvalue weighted by Gasteiger charge is 2.36. The lowest BCUT2D eigenvalue weighted by Crippen LogP contribution is -2.49. The fourth-order valence-corrected chi connectivity index (χ4v) is 2.93. The molecule has 2 aromatic rings. The van der Waals surface area contributed by atoms with Gasteiger partial charge in [0, 0.05) is 25.5 Å². The van der Waals surface area contributed by atoms with Crippen molar-refractivity contribution in [3.05, 3.63) is 42.6 Å². The average molecular weight is 317 g/mol. The molecule has 23 heavy (non-hydrogen) atoms. The SMILES string of the molecule is CC(C)(C(=O)N(Cc1ccco1)CC1CCCO1)n1cccn1. The summed E-state index contributed by atoms with van der Waals surface area (Å²) in [7, 11) is 0. The second-order valence-electron chi connectivity index (χ2n) is 6.41. The molecule has 0 N–H and O–H groups in total. The molecule has 0 bridgehead atoms. The standard InChI is InChI=1S/C17H23N3O3/c1-17(2,20-9-5-8-18-20)16(21)19(12-14-6-3-10-22-14)13-15-7-4-11-23-15/h3,5-6,8-10,15H,4,7,11-13H2,1-2H3. The van der Waals surface area contributed by atoms with E-state index in [0.29, 0.717) is 13.1 Å². The van der Waals surface area contributed by atoms with Gasteiger partial charge >= 0.3 is 0 Å². The Morgan fingerprint density at radius 2 is 2.35 bits per heavy atom. The van der Waals surface area contributed by atoms with E-state index in [-0.39, 0.29) is 12.0 Å². The second-order valence-corrected chi connectivity index (χ2v) is 6.41. The highest BCUT2D eigenvalue weighted by Crippen LogP contribution is 2.22. The van der Waals surface area contributed by atoms with Crippen molar-refractivity contribution < 1.29 is 13.9 Å². The van der Waals surface area contributed by atoms with Crippen LogP contribution in [-0.2, 0) is 21.6 Å². The van der Waals surface area contributed by atoms with E-state index in [1.807, 2.05) is 43.1 Å². The van der Waals surface area contributed by atoms with Crippen molar-refractivity contribution in [2.45, 2.75) is 44.9 Å². The third-order valence-electron chi connectivity index (χ3n) is 4.26. The number of hydrogen-bond donors (Lipinski definition) is 0. The summed E-state index contributed by atoms with van der Waals surface area (Å²) in [6.07, 6.45) is 7.27. The van der Waals surface area contributed by atoms with Crippen LogP contribution in [0.5, 0.6) is 0 Å². The van der Waals surface area contributed by atoms with Gasteiger partial charge in [-0.3, -0.25) is 9.48 Å². The van der Waals surface area contributed by atoms with E-state index in [9.17, 15) is 4.79 Å². The van der Waals surface area contributed by atoms with Gasteiger partial charge in [-0.25, -0.2) is 0 Å². The Kier molecular flexibility index (Phi) is 4.52. The predicted octanol–water partition coefficient (Wildman–Crippen LogP) is 2.42. The third kappa shape index (κ3) is 3.47. The van der Waals surface area contributed by atoms with Crippen molar-refractivity contribution in [3.63, 3.8) is 0 Å². The van der Waals surface area contributed by atoms with Crippen LogP contribution in [0.4, 0.5) is 0 Å². The Morgan fingerprint density at radius 1 is 1.48 bits per heavy atom. The molecule has 124 valence electrons. The smallest absolute Gasteiger partial charge is 0.250 e. The molecule has 1 amide bonds. The van der Waals surface area contributed by atoms with Gasteiger partial charge in [0.1, 0.15) is 11.3 Å². The monoisotopic (exact) mass is 317 g/mol. The van der Waals surface area contributed by atoms with Crippen LogP contribution >= 0.6 is 0 Å². The topological polar surface area (TPSA) is 60.5 Å². The van der Waals surface area contributed by atoms with Crippen LogP contribution in [0.25, 0.3) is 0 Å². The maximum atomic E-state index is 13.1. The molecule has 0 radical (unpaired) electrons. The molecule has 1 aliphatic rings. The number of rotatable bonds is 6. The molecule has 0 saturated carbocycles. The first-order valence-electron chi connectivity index (χ1n) is 8.01. The zero-order valence-electron chi connectivity index (χ0n) is 13.6. The lowest BCUT2D eigenvalue weighted by Gasteiger charge is -2.33. The number of carbonyl (C=O) groups is 1. The van der Waals surface area contributed by atoms with Crippen LogP contribution < -0.4 is 0 Å². The van der Waals surface area contributed by atoms with E-state index in [2.05, 4.69) is 5.10 Å². The molecular formula is C17H23N3O3. The molecule has 3 heterocycles. The Hall–Kier alpha value is -2.08. The van der Waals surface area contributed by atoms with Crippen molar-refractivity contribution >= 4 is 5.91 Å². The molecule has 2 aromatic heterocycles. The van der Waals surface area contributed by atoms with Crippen LogP contribution in [0.1, 0.15) is 32.4 Å². The second kappa shape index (κ2) is 6.58. The summed E-state index contributed by atoms with van der Waals surface area (Å²) in [5, 5.41) is 4.23. The van der Waals surface area contributed by atoms with Crippen molar-refractivity contribution in [1.29, 1.82) is 0 Å². The molecule has 1 fully saturated rings. The van der Waals surface area contributed by atoms with Crippen LogP contribution in [-0.4, -0.2) is 39.8 Å². The van der Waals surface area contributed by atoms with Crippen molar-refractivity contribution in [2.24, 2.45) is 0 Å². The highest BCUT2D eigenvalue weighted by atomic mass is 16.5. The van der Waals surface area contributed by atoms with Crippen molar-refractivity contribution in [3.8, 4) is 0 Å². The molecule has 1 atom stereocenters. The quantitative estimate of drug-likeness (QED) is 0.821. The summed E-state index contributed by atoms with van der Waals surface area (Å²) in [6, 6.07) is 5.55. The van der Waals surface area contributed by atoms with E-state index in [4.69, 9.17) is 9.15 Å². The van der Waals surface area contributed by atoms with Gasteiger partial charge in [-0.15, -0.1) is 0 Å². The van der Waals surface area contributed by atoms with E-state index in [1.165, 1.54) is 0 Å². The number of ether oxygens (including phenoxy) is 1. The largest absolute Gasteiger partial charge is 0.467 e. The van der Waals surface area contributed by atoms with Crippen LogP contribution in [0, 0.1) is 0 Å². The first-order valence-corrected chi connectivity index (χ1v) is 8.01. The summed E-state index contributed by atoms with van der Waals surface area (Å²) in [5.74, 6) is 0.778. The molecular weight excluding hydrogens is 294 g/mol. The summed E-state index contributed by atoms with van der Waals surface area (Å²) < 4.78 is 12.8. The van der Waals surface area contributed by atoms with Gasteiger partial charge in [-0.05, 0) is 44.9 Å². The molecule has 0 aliphatic carbocycles. The normalized spacial score (nSPS) is 18.3. The van der Waals surface area contributed by atoms with Gasteiger partial charge < -0.3 is 14.1 Å². The van der Waals surface area contributed by atoms with Crippen LogP contribution in [0.3, 0.4) is 0 Å². The number of amides is 1. The average Bonchev–Trinajstić information content (AvgIpc) is 3.28. The number of nitrogens with zero attached hydrogens (tertiary/aromatic N) is 3. The van der Waals surface area contributed by atoms with E-state index in [1.54, 1.807) is 17.1 Å². The minimum Gasteiger partial charge on any atom is -0.467 e. The fraction of sp³-hybridized carbons (Fsp3) is 0.529. The number of furan rings is 1. The van der Waals surface area contributed by atoms with E-state index in [0.717, 1.165) is 25.2 Å². The summed E-state index contributed by atoms with van der Waals surface area (Å²) in [4.78, 5) is 15.0. The molecule has 1 saturated heterocycles. The van der Waals surface area contributed by atoms with Gasteiger partial charge in [0.25, 0.3) is 0 Å². The minimum atomic E-state index is -0.755. The van der Waals surface area contributed by atoms with Gasteiger partial charge in [-0.1, -0.05) is 0 Å². The first kappa shape index (κ1) is 15.8. The summed E-state index contributed by atoms with van der Waals surface area (Å²) in [6.45, 7) is 5.55. The van der Waals surface area contributed by atoms with Crippen molar-refractivity contribution in [2.75, 3.05) is 13.2 Å². The van der Waals surface area contributed by atoms with Crippen LogP contribution in [0.15, 0.2) is 41.3 Å². The summed E-state index contributed by atoms with van der Waals surface area (Å²) in [5.41, 5.74) is -0.755. The summed E-state index contributed by atoms with van der Waals surface area (Å²) >= 11 is 0. The molecule has 3 rings (SSSR count). The Bertz CT molecular complexity index is 614. The Morgan fingerprint density at radius 3 is 2.96 bits per heavy atom. The maximum Gasteiger partial charge on any atom is 0.250 e. The molecule has 6 heteroatoms. The number of aromatic nitrogens is 2. The van der Waals surface area contributed by atoms with Gasteiger partial charge in [-0.2, -0.15) is 5.10 Å². The van der Waals surface area contributed by atoms with Gasteiger partial charge in [0.2, 0.25) is 5.91 Å². The first-order chi connectivity index (χ1) is 11.1. The minimum absolute atomic E-state index is 0.00750. The van der Waals surface area contributed by atoms with Gasteiger partial charge in [0.05, 0.1) is 18.9 Å². The lowest BCUT2D eigenvalue weighted by molar-refractivity contribution is -0.142. The Balaban J connectivity index is 1.79. The van der Waals surface area contributed by atoms with Gasteiger partial charge in [0.15, 0.2) is 0 Å². The molecule has 1 aliphatic heterocycles. The number of hydrogen-bond acceptors (Lipinski definition) is 4. The fourth-order valence-electron chi connectivity index (χ4n) is 2.93.